The lowest BCUT2D eigenvalue weighted by atomic mass is 9.98. The lowest BCUT2D eigenvalue weighted by molar-refractivity contribution is 0.355. The van der Waals surface area contributed by atoms with Gasteiger partial charge < -0.3 is 20.1 Å². The summed E-state index contributed by atoms with van der Waals surface area (Å²) >= 11 is 0. The first kappa shape index (κ1) is 19.1. The molecular weight excluding hydrogens is 417 g/mol. The number of nitrogens with zero attached hydrogens (tertiary/aromatic N) is 1. The van der Waals surface area contributed by atoms with Crippen LogP contribution in [0.2, 0.25) is 0 Å². The highest BCUT2D eigenvalue weighted by Crippen LogP contribution is 2.48. The number of benzene rings is 1. The molecule has 0 atom stereocenters. The molecule has 0 aliphatic heterocycles. The Kier molecular flexibility index (Phi) is 7.01. The van der Waals surface area contributed by atoms with Gasteiger partial charge in [0.1, 0.15) is 0 Å². The van der Waals surface area contributed by atoms with E-state index in [1.165, 1.54) is 25.7 Å². The van der Waals surface area contributed by atoms with Crippen LogP contribution in [0.4, 0.5) is 5.69 Å². The van der Waals surface area contributed by atoms with Crippen LogP contribution in [0.15, 0.2) is 23.2 Å². The fourth-order valence-corrected chi connectivity index (χ4v) is 3.21. The summed E-state index contributed by atoms with van der Waals surface area (Å²) in [6.07, 6.45) is 5.63. The number of hydrogen-bond donors (Lipinski definition) is 2. The smallest absolute Gasteiger partial charge is 0.195 e. The number of guanidine groups is 1. The highest BCUT2D eigenvalue weighted by atomic mass is 127. The average Bonchev–Trinajstić information content (AvgIpc) is 3.47. The first-order chi connectivity index (χ1) is 11.2. The van der Waals surface area contributed by atoms with Crippen LogP contribution in [0, 0.1) is 17.8 Å². The Morgan fingerprint density at radius 1 is 1.12 bits per heavy atom. The van der Waals surface area contributed by atoms with Crippen molar-refractivity contribution in [2.24, 2.45) is 22.7 Å². The van der Waals surface area contributed by atoms with Crippen LogP contribution in [-0.2, 0) is 0 Å². The van der Waals surface area contributed by atoms with Crippen LogP contribution in [0.1, 0.15) is 25.7 Å². The molecule has 1 aromatic rings. The van der Waals surface area contributed by atoms with Gasteiger partial charge in [0.2, 0.25) is 0 Å². The molecule has 2 fully saturated rings. The maximum atomic E-state index is 5.34. The maximum Gasteiger partial charge on any atom is 0.195 e. The lowest BCUT2D eigenvalue weighted by Gasteiger charge is -2.19. The van der Waals surface area contributed by atoms with Gasteiger partial charge in [-0.1, -0.05) is 0 Å². The molecule has 2 aliphatic carbocycles. The van der Waals surface area contributed by atoms with Crippen LogP contribution in [0.5, 0.6) is 11.5 Å². The van der Waals surface area contributed by atoms with Gasteiger partial charge >= 0.3 is 0 Å². The summed E-state index contributed by atoms with van der Waals surface area (Å²) < 4.78 is 10.6. The van der Waals surface area contributed by atoms with Crippen molar-refractivity contribution in [3.8, 4) is 11.5 Å². The molecular formula is C18H28IN3O2. The molecule has 5 nitrogen and oxygen atoms in total. The molecule has 2 saturated carbocycles. The zero-order chi connectivity index (χ0) is 16.2. The minimum atomic E-state index is 0. The summed E-state index contributed by atoms with van der Waals surface area (Å²) in [6, 6.07) is 5.78. The fourth-order valence-electron chi connectivity index (χ4n) is 3.21. The van der Waals surface area contributed by atoms with Crippen molar-refractivity contribution in [2.45, 2.75) is 25.7 Å². The molecule has 0 unspecified atom stereocenters. The Morgan fingerprint density at radius 2 is 1.75 bits per heavy atom. The van der Waals surface area contributed by atoms with E-state index in [0.717, 1.165) is 41.7 Å². The Morgan fingerprint density at radius 3 is 2.25 bits per heavy atom. The van der Waals surface area contributed by atoms with Gasteiger partial charge in [0.15, 0.2) is 17.5 Å². The molecule has 6 heteroatoms. The Hall–Kier alpha value is -1.18. The number of halogens is 1. The number of hydrogen-bond acceptors (Lipinski definition) is 3. The van der Waals surface area contributed by atoms with Crippen LogP contribution in [0.3, 0.4) is 0 Å². The van der Waals surface area contributed by atoms with E-state index in [9.17, 15) is 0 Å². The van der Waals surface area contributed by atoms with E-state index in [1.54, 1.807) is 21.3 Å². The third-order valence-corrected chi connectivity index (χ3v) is 4.83. The van der Waals surface area contributed by atoms with Gasteiger partial charge in [-0.05, 0) is 55.6 Å². The highest BCUT2D eigenvalue weighted by molar-refractivity contribution is 14.0. The van der Waals surface area contributed by atoms with Gasteiger partial charge in [-0.2, -0.15) is 0 Å². The molecule has 0 radical (unpaired) electrons. The number of methoxy groups -OCH3 is 2. The summed E-state index contributed by atoms with van der Waals surface area (Å²) in [5.74, 6) is 4.94. The Balaban J connectivity index is 0.00000208. The minimum Gasteiger partial charge on any atom is -0.493 e. The summed E-state index contributed by atoms with van der Waals surface area (Å²) in [4.78, 5) is 4.34. The second kappa shape index (κ2) is 8.78. The molecule has 24 heavy (non-hydrogen) atoms. The molecule has 0 heterocycles. The van der Waals surface area contributed by atoms with Crippen molar-refractivity contribution in [3.05, 3.63) is 18.2 Å². The molecule has 0 saturated heterocycles. The zero-order valence-electron chi connectivity index (χ0n) is 14.7. The van der Waals surface area contributed by atoms with E-state index in [4.69, 9.17) is 9.47 Å². The van der Waals surface area contributed by atoms with Gasteiger partial charge in [-0.15, -0.1) is 24.0 Å². The van der Waals surface area contributed by atoms with Crippen LogP contribution < -0.4 is 20.1 Å². The number of anilines is 1. The van der Waals surface area contributed by atoms with E-state index in [2.05, 4.69) is 15.6 Å². The summed E-state index contributed by atoms with van der Waals surface area (Å²) in [5.41, 5.74) is 0.935. The van der Waals surface area contributed by atoms with E-state index in [1.807, 2.05) is 18.2 Å². The van der Waals surface area contributed by atoms with Gasteiger partial charge in [0, 0.05) is 25.3 Å². The third-order valence-electron chi connectivity index (χ3n) is 4.83. The van der Waals surface area contributed by atoms with Gasteiger partial charge in [0.25, 0.3) is 0 Å². The molecule has 1 aromatic carbocycles. The zero-order valence-corrected chi connectivity index (χ0v) is 17.0. The van der Waals surface area contributed by atoms with Crippen molar-refractivity contribution in [3.63, 3.8) is 0 Å². The predicted octanol–water partition coefficient (Wildman–Crippen LogP) is 3.75. The predicted molar refractivity (Wildman–Crippen MR) is 109 cm³/mol. The first-order valence-electron chi connectivity index (χ1n) is 8.45. The molecule has 3 rings (SSSR count). The van der Waals surface area contributed by atoms with E-state index in [-0.39, 0.29) is 24.0 Å². The molecule has 2 aliphatic rings. The van der Waals surface area contributed by atoms with Crippen molar-refractivity contribution < 1.29 is 9.47 Å². The fraction of sp³-hybridized carbons (Fsp3) is 0.611. The van der Waals surface area contributed by atoms with Crippen LogP contribution in [0.25, 0.3) is 0 Å². The average molecular weight is 445 g/mol. The molecule has 0 aromatic heterocycles. The molecule has 0 bridgehead atoms. The van der Waals surface area contributed by atoms with Gasteiger partial charge in [0.05, 0.1) is 14.2 Å². The SMILES string of the molecule is CN=C(NCC(C1CC1)C1CC1)Nc1ccc(OC)c(OC)c1.I. The van der Waals surface area contributed by atoms with Gasteiger partial charge in [-0.3, -0.25) is 4.99 Å². The lowest BCUT2D eigenvalue weighted by Crippen LogP contribution is -2.35. The van der Waals surface area contributed by atoms with Gasteiger partial charge in [-0.25, -0.2) is 0 Å². The van der Waals surface area contributed by atoms with Crippen LogP contribution in [-0.4, -0.2) is 33.8 Å². The normalized spacial score (nSPS) is 17.2. The van der Waals surface area contributed by atoms with Crippen LogP contribution >= 0.6 is 24.0 Å². The quantitative estimate of drug-likeness (QED) is 0.382. The summed E-state index contributed by atoms with van der Waals surface area (Å²) in [7, 11) is 5.09. The van der Waals surface area contributed by atoms with Crippen molar-refractivity contribution >= 4 is 35.6 Å². The monoisotopic (exact) mass is 445 g/mol. The highest BCUT2D eigenvalue weighted by Gasteiger charge is 2.41. The number of nitrogens with one attached hydrogen (secondary N) is 2. The molecule has 0 amide bonds. The topological polar surface area (TPSA) is 54.9 Å². The summed E-state index contributed by atoms with van der Waals surface area (Å²) in [6.45, 7) is 1.02. The number of aliphatic imine (C=N–C) groups is 1. The van der Waals surface area contributed by atoms with E-state index >= 15 is 0 Å². The maximum absolute atomic E-state index is 5.34. The third kappa shape index (κ3) is 4.91. The van der Waals surface area contributed by atoms with Crippen molar-refractivity contribution in [1.82, 2.24) is 5.32 Å². The Bertz CT molecular complexity index is 559. The van der Waals surface area contributed by atoms with Crippen molar-refractivity contribution in [1.29, 1.82) is 0 Å². The first-order valence-corrected chi connectivity index (χ1v) is 8.45. The minimum absolute atomic E-state index is 0. The summed E-state index contributed by atoms with van der Waals surface area (Å²) in [5, 5.41) is 6.83. The largest absolute Gasteiger partial charge is 0.493 e. The molecule has 134 valence electrons. The van der Waals surface area contributed by atoms with E-state index in [0.29, 0.717) is 5.75 Å². The Labute approximate surface area is 161 Å². The number of rotatable bonds is 7. The standard InChI is InChI=1S/C18H27N3O2.HI/c1-19-18(20-11-15(12-4-5-12)13-6-7-13)21-14-8-9-16(22-2)17(10-14)23-3;/h8-10,12-13,15H,4-7,11H2,1-3H3,(H2,19,20,21);1H. The van der Waals surface area contributed by atoms with Crippen molar-refractivity contribution in [2.75, 3.05) is 33.1 Å². The second-order valence-electron chi connectivity index (χ2n) is 6.49. The van der Waals surface area contributed by atoms with E-state index < -0.39 is 0 Å². The second-order valence-corrected chi connectivity index (χ2v) is 6.49. The molecule has 0 spiro atoms. The number of ether oxygens (including phenoxy) is 2. The molecule has 2 N–H and O–H groups in total.